The highest BCUT2D eigenvalue weighted by atomic mass is 35.5. The molecule has 1 aromatic rings. The summed E-state index contributed by atoms with van der Waals surface area (Å²) >= 11 is 6.04. The van der Waals surface area contributed by atoms with Crippen molar-refractivity contribution in [1.29, 1.82) is 0 Å². The molecule has 1 aromatic carbocycles. The number of nitrogens with zero attached hydrogens (tertiary/aromatic N) is 1. The highest BCUT2D eigenvalue weighted by molar-refractivity contribution is 6.18. The molecule has 2 rings (SSSR count). The summed E-state index contributed by atoms with van der Waals surface area (Å²) in [6.07, 6.45) is 1.24. The summed E-state index contributed by atoms with van der Waals surface area (Å²) in [7, 11) is 0. The molecule has 1 aliphatic heterocycles. The van der Waals surface area contributed by atoms with Gasteiger partial charge in [-0.05, 0) is 17.4 Å². The molecule has 0 saturated carbocycles. The van der Waals surface area contributed by atoms with Gasteiger partial charge in [0.25, 0.3) is 0 Å². The number of alkyl halides is 1. The van der Waals surface area contributed by atoms with Crippen molar-refractivity contribution in [2.75, 3.05) is 5.88 Å². The van der Waals surface area contributed by atoms with Crippen LogP contribution in [-0.4, -0.2) is 22.9 Å². The molecule has 0 spiro atoms. The van der Waals surface area contributed by atoms with E-state index in [2.05, 4.69) is 56.0 Å². The summed E-state index contributed by atoms with van der Waals surface area (Å²) < 4.78 is 0. The molecule has 0 bridgehead atoms. The van der Waals surface area contributed by atoms with Crippen molar-refractivity contribution in [1.82, 2.24) is 4.90 Å². The number of rotatable bonds is 3. The van der Waals surface area contributed by atoms with Gasteiger partial charge in [-0.2, -0.15) is 0 Å². The molecular formula is C15H22ClN. The first-order chi connectivity index (χ1) is 8.02. The van der Waals surface area contributed by atoms with E-state index in [1.807, 2.05) is 0 Å². The number of hydrogen-bond donors (Lipinski definition) is 0. The smallest absolute Gasteiger partial charge is 0.0380 e. The summed E-state index contributed by atoms with van der Waals surface area (Å²) in [5.74, 6) is 0.749. The van der Waals surface area contributed by atoms with E-state index in [0.29, 0.717) is 17.5 Å². The van der Waals surface area contributed by atoms with Gasteiger partial charge in [-0.1, -0.05) is 51.1 Å². The molecule has 1 saturated heterocycles. The average molecular weight is 252 g/mol. The number of halogens is 1. The molecule has 2 heteroatoms. The molecule has 0 N–H and O–H groups in total. The Morgan fingerprint density at radius 3 is 2.41 bits per heavy atom. The number of benzene rings is 1. The van der Waals surface area contributed by atoms with Crippen LogP contribution in [0.1, 0.15) is 32.8 Å². The van der Waals surface area contributed by atoms with Gasteiger partial charge in [-0.15, -0.1) is 11.6 Å². The van der Waals surface area contributed by atoms with Crippen molar-refractivity contribution >= 4 is 11.6 Å². The molecule has 0 radical (unpaired) electrons. The molecule has 1 heterocycles. The van der Waals surface area contributed by atoms with E-state index in [-0.39, 0.29) is 0 Å². The topological polar surface area (TPSA) is 3.24 Å². The van der Waals surface area contributed by atoms with Crippen LogP contribution in [0.3, 0.4) is 0 Å². The lowest BCUT2D eigenvalue weighted by atomic mass is 9.75. The van der Waals surface area contributed by atoms with E-state index in [0.717, 1.165) is 12.4 Å². The van der Waals surface area contributed by atoms with Gasteiger partial charge in [0, 0.05) is 24.5 Å². The minimum absolute atomic E-state index is 0.345. The second-order valence-electron chi connectivity index (χ2n) is 6.08. The van der Waals surface area contributed by atoms with Gasteiger partial charge in [-0.25, -0.2) is 0 Å². The molecule has 1 nitrogen and oxygen atoms in total. The third-order valence-electron chi connectivity index (χ3n) is 3.75. The molecular weight excluding hydrogens is 230 g/mol. The zero-order chi connectivity index (χ0) is 12.5. The quantitative estimate of drug-likeness (QED) is 0.737. The molecule has 0 aliphatic carbocycles. The molecule has 0 amide bonds. The van der Waals surface area contributed by atoms with E-state index in [4.69, 9.17) is 11.6 Å². The lowest BCUT2D eigenvalue weighted by molar-refractivity contribution is -0.0426. The first-order valence-corrected chi connectivity index (χ1v) is 6.91. The summed E-state index contributed by atoms with van der Waals surface area (Å²) in [6.45, 7) is 7.99. The van der Waals surface area contributed by atoms with Crippen molar-refractivity contribution in [3.8, 4) is 0 Å². The maximum Gasteiger partial charge on any atom is 0.0380 e. The van der Waals surface area contributed by atoms with Crippen molar-refractivity contribution in [3.63, 3.8) is 0 Å². The van der Waals surface area contributed by atoms with Gasteiger partial charge >= 0.3 is 0 Å². The van der Waals surface area contributed by atoms with Gasteiger partial charge in [0.2, 0.25) is 0 Å². The van der Waals surface area contributed by atoms with Crippen molar-refractivity contribution in [2.24, 2.45) is 5.41 Å². The van der Waals surface area contributed by atoms with Crippen molar-refractivity contribution in [3.05, 3.63) is 35.9 Å². The van der Waals surface area contributed by atoms with E-state index >= 15 is 0 Å². The highest BCUT2D eigenvalue weighted by Gasteiger charge is 2.43. The summed E-state index contributed by atoms with van der Waals surface area (Å²) in [5.41, 5.74) is 1.73. The maximum atomic E-state index is 6.04. The van der Waals surface area contributed by atoms with Crippen molar-refractivity contribution in [2.45, 2.75) is 45.8 Å². The van der Waals surface area contributed by atoms with Gasteiger partial charge in [0.1, 0.15) is 0 Å². The van der Waals surface area contributed by atoms with E-state index < -0.39 is 0 Å². The minimum atomic E-state index is 0.345. The molecule has 17 heavy (non-hydrogen) atoms. The first-order valence-electron chi connectivity index (χ1n) is 6.38. The van der Waals surface area contributed by atoms with Crippen LogP contribution in [0.25, 0.3) is 0 Å². The molecule has 2 atom stereocenters. The van der Waals surface area contributed by atoms with Crippen LogP contribution in [0.2, 0.25) is 0 Å². The zero-order valence-electron chi connectivity index (χ0n) is 11.0. The lowest BCUT2D eigenvalue weighted by Gasteiger charge is -2.54. The van der Waals surface area contributed by atoms with Crippen LogP contribution in [-0.2, 0) is 6.54 Å². The fourth-order valence-electron chi connectivity index (χ4n) is 2.68. The number of likely N-dealkylation sites (tertiary alicyclic amines) is 1. The molecule has 94 valence electrons. The predicted octanol–water partition coefficient (Wildman–Crippen LogP) is 3.91. The predicted molar refractivity (Wildman–Crippen MR) is 74.4 cm³/mol. The van der Waals surface area contributed by atoms with Crippen LogP contribution in [0.4, 0.5) is 0 Å². The summed E-state index contributed by atoms with van der Waals surface area (Å²) in [5, 5.41) is 0. The standard InChI is InChI=1S/C15H22ClN/c1-15(2,3)14-9-13(10-16)17(14)11-12-7-5-4-6-8-12/h4-8,13-14H,9-11H2,1-3H3/t13-,14+/m1/s1. The molecule has 0 unspecified atom stereocenters. The Balaban J connectivity index is 2.06. The van der Waals surface area contributed by atoms with E-state index in [1.165, 1.54) is 12.0 Å². The minimum Gasteiger partial charge on any atom is -0.291 e. The summed E-state index contributed by atoms with van der Waals surface area (Å²) in [6, 6.07) is 11.9. The Kier molecular flexibility index (Phi) is 3.79. The van der Waals surface area contributed by atoms with Crippen LogP contribution < -0.4 is 0 Å². The normalized spacial score (nSPS) is 25.6. The summed E-state index contributed by atoms with van der Waals surface area (Å²) in [4.78, 5) is 2.56. The Bertz CT molecular complexity index is 355. The Morgan fingerprint density at radius 1 is 1.24 bits per heavy atom. The van der Waals surface area contributed by atoms with Crippen molar-refractivity contribution < 1.29 is 0 Å². The highest BCUT2D eigenvalue weighted by Crippen LogP contribution is 2.39. The fraction of sp³-hybridized carbons (Fsp3) is 0.600. The largest absolute Gasteiger partial charge is 0.291 e. The molecule has 1 fully saturated rings. The van der Waals surface area contributed by atoms with Gasteiger partial charge in [0.15, 0.2) is 0 Å². The fourth-order valence-corrected chi connectivity index (χ4v) is 2.98. The maximum absolute atomic E-state index is 6.04. The molecule has 1 aliphatic rings. The zero-order valence-corrected chi connectivity index (χ0v) is 11.7. The van der Waals surface area contributed by atoms with E-state index in [1.54, 1.807) is 0 Å². The Morgan fingerprint density at radius 2 is 1.88 bits per heavy atom. The van der Waals surface area contributed by atoms with Crippen LogP contribution >= 0.6 is 11.6 Å². The monoisotopic (exact) mass is 251 g/mol. The van der Waals surface area contributed by atoms with Gasteiger partial charge in [-0.3, -0.25) is 4.90 Å². The molecule has 0 aromatic heterocycles. The SMILES string of the molecule is CC(C)(C)[C@@H]1C[C@H](CCl)N1Cc1ccccc1. The van der Waals surface area contributed by atoms with Gasteiger partial charge in [0.05, 0.1) is 0 Å². The first kappa shape index (κ1) is 12.9. The number of hydrogen-bond acceptors (Lipinski definition) is 1. The van der Waals surface area contributed by atoms with Crippen LogP contribution in [0, 0.1) is 5.41 Å². The Labute approximate surface area is 110 Å². The Hall–Kier alpha value is -0.530. The average Bonchev–Trinajstić information content (AvgIpc) is 2.25. The van der Waals surface area contributed by atoms with Crippen LogP contribution in [0.5, 0.6) is 0 Å². The van der Waals surface area contributed by atoms with Crippen LogP contribution in [0.15, 0.2) is 30.3 Å². The van der Waals surface area contributed by atoms with E-state index in [9.17, 15) is 0 Å². The lowest BCUT2D eigenvalue weighted by Crippen LogP contribution is -2.61. The second-order valence-corrected chi connectivity index (χ2v) is 6.39. The second kappa shape index (κ2) is 4.99. The third-order valence-corrected chi connectivity index (χ3v) is 4.11. The van der Waals surface area contributed by atoms with Gasteiger partial charge < -0.3 is 0 Å². The third kappa shape index (κ3) is 2.83.